The van der Waals surface area contributed by atoms with E-state index in [1.54, 1.807) is 11.3 Å². The SMILES string of the molecule is Cl.NC/C(=C/F)Cn1ncn(Cc2ccc(-c3ccc4c(c3)NC(=O)OC4)s2)c1=O. The molecule has 0 spiro atoms. The number of thiophene rings is 1. The van der Waals surface area contributed by atoms with E-state index in [2.05, 4.69) is 10.4 Å². The van der Waals surface area contributed by atoms with Gasteiger partial charge >= 0.3 is 11.8 Å². The standard InChI is InChI=1S/C19H18FN5O3S.ClH/c20-6-12(7-21)8-25-19(27)24(11-22-25)9-15-3-4-17(29-15)13-1-2-14-10-28-18(26)23-16(14)5-13;/h1-6,11H,7-10,21H2,(H,23,26);1H/b12-6-;. The molecule has 0 atom stereocenters. The lowest BCUT2D eigenvalue weighted by Crippen LogP contribution is -2.26. The third kappa shape index (κ3) is 4.45. The van der Waals surface area contributed by atoms with E-state index in [1.807, 2.05) is 30.3 Å². The average Bonchev–Trinajstić information content (AvgIpc) is 3.33. The molecule has 0 bridgehead atoms. The first-order valence-electron chi connectivity index (χ1n) is 8.83. The maximum Gasteiger partial charge on any atom is 0.411 e. The van der Waals surface area contributed by atoms with E-state index < -0.39 is 6.09 Å². The van der Waals surface area contributed by atoms with Crippen LogP contribution in [0.5, 0.6) is 0 Å². The molecule has 1 amide bonds. The number of nitrogens with one attached hydrogen (secondary N) is 1. The van der Waals surface area contributed by atoms with E-state index in [0.717, 1.165) is 26.6 Å². The third-order valence-electron chi connectivity index (χ3n) is 4.54. The smallest absolute Gasteiger partial charge is 0.411 e. The van der Waals surface area contributed by atoms with Gasteiger partial charge in [0.25, 0.3) is 0 Å². The summed E-state index contributed by atoms with van der Waals surface area (Å²) < 4.78 is 20.3. The summed E-state index contributed by atoms with van der Waals surface area (Å²) in [5.74, 6) is 0. The van der Waals surface area contributed by atoms with Crippen molar-refractivity contribution in [3.63, 3.8) is 0 Å². The number of benzene rings is 1. The van der Waals surface area contributed by atoms with Crippen LogP contribution in [0.15, 0.2) is 53.4 Å². The van der Waals surface area contributed by atoms with Crippen molar-refractivity contribution < 1.29 is 13.9 Å². The van der Waals surface area contributed by atoms with Crippen molar-refractivity contribution in [2.45, 2.75) is 19.7 Å². The number of hydrogen-bond acceptors (Lipinski definition) is 6. The zero-order chi connectivity index (χ0) is 20.4. The van der Waals surface area contributed by atoms with Crippen molar-refractivity contribution in [3.05, 3.63) is 69.5 Å². The van der Waals surface area contributed by atoms with Crippen LogP contribution in [0.2, 0.25) is 0 Å². The Hall–Kier alpha value is -2.95. The van der Waals surface area contributed by atoms with Gasteiger partial charge in [-0.1, -0.05) is 12.1 Å². The number of ether oxygens (including phenoxy) is 1. The van der Waals surface area contributed by atoms with Crippen LogP contribution in [0.1, 0.15) is 10.4 Å². The molecule has 0 radical (unpaired) electrons. The summed E-state index contributed by atoms with van der Waals surface area (Å²) in [6.07, 6.45) is 1.38. The zero-order valence-corrected chi connectivity index (χ0v) is 17.3. The number of rotatable bonds is 6. The number of amides is 1. The van der Waals surface area contributed by atoms with E-state index >= 15 is 0 Å². The van der Waals surface area contributed by atoms with Crippen LogP contribution in [0.4, 0.5) is 14.9 Å². The Morgan fingerprint density at radius 2 is 2.17 bits per heavy atom. The zero-order valence-electron chi connectivity index (χ0n) is 15.7. The van der Waals surface area contributed by atoms with Gasteiger partial charge in [-0.25, -0.2) is 18.7 Å². The Bertz CT molecular complexity index is 1150. The molecule has 0 unspecified atom stereocenters. The fraction of sp³-hybridized carbons (Fsp3) is 0.211. The molecule has 11 heteroatoms. The Balaban J connectivity index is 0.00000256. The van der Waals surface area contributed by atoms with E-state index in [1.165, 1.54) is 15.6 Å². The monoisotopic (exact) mass is 451 g/mol. The number of cyclic esters (lactones) is 1. The normalized spacial score (nSPS) is 13.3. The summed E-state index contributed by atoms with van der Waals surface area (Å²) in [5, 5.41) is 6.72. The van der Waals surface area contributed by atoms with Crippen LogP contribution in [0.3, 0.4) is 0 Å². The highest BCUT2D eigenvalue weighted by Gasteiger charge is 2.16. The minimum atomic E-state index is -0.460. The van der Waals surface area contributed by atoms with Crippen LogP contribution in [0.25, 0.3) is 10.4 Å². The molecule has 3 aromatic rings. The van der Waals surface area contributed by atoms with E-state index in [9.17, 15) is 14.0 Å². The molecule has 4 rings (SSSR count). The van der Waals surface area contributed by atoms with Gasteiger partial charge < -0.3 is 10.5 Å². The molecule has 158 valence electrons. The van der Waals surface area contributed by atoms with Crippen molar-refractivity contribution in [2.24, 2.45) is 5.73 Å². The summed E-state index contributed by atoms with van der Waals surface area (Å²) in [5.41, 5.74) is 8.02. The lowest BCUT2D eigenvalue weighted by Gasteiger charge is -2.17. The van der Waals surface area contributed by atoms with Crippen LogP contribution < -0.4 is 16.7 Å². The lowest BCUT2D eigenvalue weighted by molar-refractivity contribution is 0.151. The number of nitrogens with zero attached hydrogens (tertiary/aromatic N) is 3. The maximum absolute atomic E-state index is 12.7. The van der Waals surface area contributed by atoms with E-state index in [-0.39, 0.29) is 37.8 Å². The Morgan fingerprint density at radius 3 is 2.93 bits per heavy atom. The van der Waals surface area contributed by atoms with Crippen molar-refractivity contribution in [2.75, 3.05) is 11.9 Å². The molecule has 0 fully saturated rings. The highest BCUT2D eigenvalue weighted by atomic mass is 35.5. The predicted molar refractivity (Wildman–Crippen MR) is 115 cm³/mol. The van der Waals surface area contributed by atoms with Gasteiger partial charge in [0.05, 0.1) is 25.1 Å². The van der Waals surface area contributed by atoms with Gasteiger partial charge in [-0.2, -0.15) is 5.10 Å². The Kier molecular flexibility index (Phi) is 6.70. The summed E-state index contributed by atoms with van der Waals surface area (Å²) in [6.45, 7) is 0.667. The first kappa shape index (κ1) is 21.8. The van der Waals surface area contributed by atoms with Gasteiger partial charge in [0.15, 0.2) is 0 Å². The topological polar surface area (TPSA) is 104 Å². The molecule has 8 nitrogen and oxygen atoms in total. The number of anilines is 1. The average molecular weight is 452 g/mol. The van der Waals surface area contributed by atoms with Crippen LogP contribution in [-0.2, 0) is 24.4 Å². The summed E-state index contributed by atoms with van der Waals surface area (Å²) >= 11 is 1.54. The molecule has 1 aromatic carbocycles. The highest BCUT2D eigenvalue weighted by molar-refractivity contribution is 7.15. The fourth-order valence-electron chi connectivity index (χ4n) is 2.97. The molecule has 2 aromatic heterocycles. The molecule has 0 saturated carbocycles. The van der Waals surface area contributed by atoms with Crippen LogP contribution in [-0.4, -0.2) is 27.0 Å². The summed E-state index contributed by atoms with van der Waals surface area (Å²) in [6, 6.07) is 9.71. The molecular weight excluding hydrogens is 433 g/mol. The molecule has 3 heterocycles. The Morgan fingerprint density at radius 1 is 1.33 bits per heavy atom. The predicted octanol–water partition coefficient (Wildman–Crippen LogP) is 3.12. The number of nitrogens with two attached hydrogens (primary N) is 1. The van der Waals surface area contributed by atoms with Gasteiger partial charge in [0, 0.05) is 21.9 Å². The highest BCUT2D eigenvalue weighted by Crippen LogP contribution is 2.33. The van der Waals surface area contributed by atoms with Crippen LogP contribution >= 0.6 is 23.7 Å². The van der Waals surface area contributed by atoms with Gasteiger partial charge in [-0.15, -0.1) is 23.7 Å². The van der Waals surface area contributed by atoms with E-state index in [0.29, 0.717) is 18.4 Å². The van der Waals surface area contributed by atoms with Gasteiger partial charge in [-0.3, -0.25) is 9.88 Å². The van der Waals surface area contributed by atoms with Gasteiger partial charge in [-0.05, 0) is 29.3 Å². The molecule has 3 N–H and O–H groups in total. The third-order valence-corrected chi connectivity index (χ3v) is 5.66. The lowest BCUT2D eigenvalue weighted by atomic mass is 10.1. The second kappa shape index (κ2) is 9.24. The molecule has 30 heavy (non-hydrogen) atoms. The van der Waals surface area contributed by atoms with Gasteiger partial charge in [0.1, 0.15) is 12.9 Å². The number of halogens is 2. The number of fused-ring (bicyclic) bond motifs is 1. The van der Waals surface area contributed by atoms with E-state index in [4.69, 9.17) is 10.5 Å². The minimum absolute atomic E-state index is 0. The quantitative estimate of drug-likeness (QED) is 0.599. The first-order chi connectivity index (χ1) is 14.1. The summed E-state index contributed by atoms with van der Waals surface area (Å²) in [7, 11) is 0. The van der Waals surface area contributed by atoms with Crippen molar-refractivity contribution >= 4 is 35.5 Å². The number of aromatic nitrogens is 3. The second-order valence-electron chi connectivity index (χ2n) is 6.51. The number of hydrogen-bond donors (Lipinski definition) is 2. The molecule has 1 aliphatic rings. The Labute approximate surface area is 181 Å². The summed E-state index contributed by atoms with van der Waals surface area (Å²) in [4.78, 5) is 25.8. The number of carbonyl (C=O) groups excluding carboxylic acids is 1. The minimum Gasteiger partial charge on any atom is -0.444 e. The molecule has 1 aliphatic heterocycles. The van der Waals surface area contributed by atoms with Gasteiger partial charge in [0.2, 0.25) is 0 Å². The fourth-order valence-corrected chi connectivity index (χ4v) is 3.97. The van der Waals surface area contributed by atoms with Crippen molar-refractivity contribution in [3.8, 4) is 10.4 Å². The number of carbonyl (C=O) groups is 1. The van der Waals surface area contributed by atoms with Crippen molar-refractivity contribution in [1.82, 2.24) is 14.3 Å². The largest absolute Gasteiger partial charge is 0.444 e. The van der Waals surface area contributed by atoms with Crippen molar-refractivity contribution in [1.29, 1.82) is 0 Å². The maximum atomic E-state index is 12.7. The van der Waals surface area contributed by atoms with Crippen LogP contribution in [0, 0.1) is 0 Å². The first-order valence-corrected chi connectivity index (χ1v) is 9.65. The molecular formula is C19H19ClFN5O3S. The molecule has 0 saturated heterocycles. The molecule has 0 aliphatic carbocycles. The second-order valence-corrected chi connectivity index (χ2v) is 7.68.